The highest BCUT2D eigenvalue weighted by atomic mass is 16.5. The molecule has 0 bridgehead atoms. The van der Waals surface area contributed by atoms with Crippen LogP contribution in [0, 0.1) is 6.92 Å². The maximum absolute atomic E-state index is 5.91. The number of aryl methyl sites for hydroxylation is 1. The summed E-state index contributed by atoms with van der Waals surface area (Å²) in [6, 6.07) is 14.6. The number of nitrogens with one attached hydrogen (secondary N) is 1. The Labute approximate surface area is 121 Å². The molecule has 0 aliphatic rings. The fourth-order valence-corrected chi connectivity index (χ4v) is 1.94. The first-order chi connectivity index (χ1) is 9.65. The van der Waals surface area contributed by atoms with E-state index >= 15 is 0 Å². The van der Waals surface area contributed by atoms with Gasteiger partial charge in [0.05, 0.1) is 5.69 Å². The van der Waals surface area contributed by atoms with Crippen molar-refractivity contribution in [1.82, 2.24) is 10.3 Å². The zero-order chi connectivity index (χ0) is 14.4. The molecule has 20 heavy (non-hydrogen) atoms. The van der Waals surface area contributed by atoms with Crippen LogP contribution in [-0.4, -0.2) is 11.0 Å². The van der Waals surface area contributed by atoms with Crippen LogP contribution in [0.15, 0.2) is 42.5 Å². The fourth-order valence-electron chi connectivity index (χ4n) is 1.94. The zero-order valence-electron chi connectivity index (χ0n) is 12.4. The minimum absolute atomic E-state index is 0.460. The van der Waals surface area contributed by atoms with E-state index in [9.17, 15) is 0 Å². The average molecular weight is 270 g/mol. The van der Waals surface area contributed by atoms with Crippen molar-refractivity contribution in [2.75, 3.05) is 0 Å². The molecule has 106 valence electrons. The molecule has 0 unspecified atom stereocenters. The predicted molar refractivity (Wildman–Crippen MR) is 81.7 cm³/mol. The summed E-state index contributed by atoms with van der Waals surface area (Å²) in [6.45, 7) is 7.58. The molecule has 3 heteroatoms. The lowest BCUT2D eigenvalue weighted by Crippen LogP contribution is -2.22. The predicted octanol–water partition coefficient (Wildman–Crippen LogP) is 3.47. The standard InChI is InChI=1S/C17H22N2O/c1-13(2)18-11-15-8-4-5-10-17(15)20-12-16-9-6-7-14(3)19-16/h4-10,13,18H,11-12H2,1-3H3. The van der Waals surface area contributed by atoms with Gasteiger partial charge in [0.2, 0.25) is 0 Å². The van der Waals surface area contributed by atoms with Gasteiger partial charge in [-0.2, -0.15) is 0 Å². The van der Waals surface area contributed by atoms with E-state index in [1.807, 2.05) is 43.3 Å². The van der Waals surface area contributed by atoms with Crippen LogP contribution in [-0.2, 0) is 13.2 Å². The van der Waals surface area contributed by atoms with Crippen molar-refractivity contribution in [2.45, 2.75) is 40.0 Å². The van der Waals surface area contributed by atoms with Crippen LogP contribution >= 0.6 is 0 Å². The molecular weight excluding hydrogens is 248 g/mol. The van der Waals surface area contributed by atoms with E-state index in [0.29, 0.717) is 12.6 Å². The van der Waals surface area contributed by atoms with Crippen LogP contribution in [0.5, 0.6) is 5.75 Å². The molecule has 0 radical (unpaired) electrons. The van der Waals surface area contributed by atoms with E-state index in [1.165, 1.54) is 5.56 Å². The fraction of sp³-hybridized carbons (Fsp3) is 0.353. The van der Waals surface area contributed by atoms with E-state index < -0.39 is 0 Å². The van der Waals surface area contributed by atoms with Crippen LogP contribution < -0.4 is 10.1 Å². The van der Waals surface area contributed by atoms with Gasteiger partial charge in [-0.15, -0.1) is 0 Å². The molecule has 1 heterocycles. The number of pyridine rings is 1. The number of hydrogen-bond acceptors (Lipinski definition) is 3. The summed E-state index contributed by atoms with van der Waals surface area (Å²) in [5, 5.41) is 3.41. The van der Waals surface area contributed by atoms with Gasteiger partial charge in [-0.25, -0.2) is 0 Å². The average Bonchev–Trinajstić information content (AvgIpc) is 2.44. The Bertz CT molecular complexity index is 552. The van der Waals surface area contributed by atoms with Gasteiger partial charge in [-0.05, 0) is 25.1 Å². The third-order valence-corrected chi connectivity index (χ3v) is 2.99. The van der Waals surface area contributed by atoms with Crippen LogP contribution in [0.25, 0.3) is 0 Å². The lowest BCUT2D eigenvalue weighted by Gasteiger charge is -2.13. The molecular formula is C17H22N2O. The Morgan fingerprint density at radius 1 is 1.10 bits per heavy atom. The summed E-state index contributed by atoms with van der Waals surface area (Å²) >= 11 is 0. The van der Waals surface area contributed by atoms with Crippen LogP contribution in [0.4, 0.5) is 0 Å². The number of ether oxygens (including phenoxy) is 1. The number of benzene rings is 1. The van der Waals surface area contributed by atoms with Crippen molar-refractivity contribution in [2.24, 2.45) is 0 Å². The molecule has 1 N–H and O–H groups in total. The van der Waals surface area contributed by atoms with E-state index in [1.54, 1.807) is 0 Å². The highest BCUT2D eigenvalue weighted by Crippen LogP contribution is 2.19. The highest BCUT2D eigenvalue weighted by Gasteiger charge is 2.04. The van der Waals surface area contributed by atoms with Crippen LogP contribution in [0.1, 0.15) is 30.8 Å². The van der Waals surface area contributed by atoms with Gasteiger partial charge < -0.3 is 10.1 Å². The van der Waals surface area contributed by atoms with E-state index in [-0.39, 0.29) is 0 Å². The van der Waals surface area contributed by atoms with Gasteiger partial charge in [0.1, 0.15) is 12.4 Å². The summed E-state index contributed by atoms with van der Waals surface area (Å²) in [7, 11) is 0. The maximum atomic E-state index is 5.91. The maximum Gasteiger partial charge on any atom is 0.130 e. The Kier molecular flexibility index (Phi) is 5.13. The lowest BCUT2D eigenvalue weighted by atomic mass is 10.2. The summed E-state index contributed by atoms with van der Waals surface area (Å²) in [4.78, 5) is 4.45. The third kappa shape index (κ3) is 4.35. The Hall–Kier alpha value is -1.87. The first-order valence-electron chi connectivity index (χ1n) is 7.02. The molecule has 3 nitrogen and oxygen atoms in total. The molecule has 1 aromatic carbocycles. The molecule has 1 aromatic heterocycles. The second kappa shape index (κ2) is 7.06. The van der Waals surface area contributed by atoms with E-state index in [0.717, 1.165) is 23.7 Å². The molecule has 0 spiro atoms. The van der Waals surface area contributed by atoms with Crippen molar-refractivity contribution in [3.63, 3.8) is 0 Å². The molecule has 0 amide bonds. The molecule has 0 aliphatic heterocycles. The first kappa shape index (κ1) is 14.5. The molecule has 0 saturated heterocycles. The number of nitrogens with zero attached hydrogens (tertiary/aromatic N) is 1. The Morgan fingerprint density at radius 3 is 2.65 bits per heavy atom. The van der Waals surface area contributed by atoms with Crippen LogP contribution in [0.3, 0.4) is 0 Å². The van der Waals surface area contributed by atoms with E-state index in [2.05, 4.69) is 30.2 Å². The van der Waals surface area contributed by atoms with E-state index in [4.69, 9.17) is 4.74 Å². The summed E-state index contributed by atoms with van der Waals surface area (Å²) in [5.41, 5.74) is 3.14. The normalized spacial score (nSPS) is 10.8. The molecule has 0 atom stereocenters. The molecule has 0 saturated carbocycles. The topological polar surface area (TPSA) is 34.1 Å². The SMILES string of the molecule is Cc1cccc(COc2ccccc2CNC(C)C)n1. The Balaban J connectivity index is 2.02. The smallest absolute Gasteiger partial charge is 0.130 e. The van der Waals surface area contributed by atoms with Crippen molar-refractivity contribution >= 4 is 0 Å². The van der Waals surface area contributed by atoms with Crippen molar-refractivity contribution in [3.05, 3.63) is 59.4 Å². The van der Waals surface area contributed by atoms with Gasteiger partial charge in [0.15, 0.2) is 0 Å². The molecule has 0 fully saturated rings. The number of para-hydroxylation sites is 1. The first-order valence-corrected chi connectivity index (χ1v) is 7.02. The lowest BCUT2D eigenvalue weighted by molar-refractivity contribution is 0.297. The Morgan fingerprint density at radius 2 is 1.90 bits per heavy atom. The van der Waals surface area contributed by atoms with Crippen molar-refractivity contribution < 1.29 is 4.74 Å². The van der Waals surface area contributed by atoms with Gasteiger partial charge in [0, 0.05) is 23.8 Å². The second-order valence-corrected chi connectivity index (χ2v) is 5.20. The van der Waals surface area contributed by atoms with Gasteiger partial charge in [0.25, 0.3) is 0 Å². The largest absolute Gasteiger partial charge is 0.487 e. The number of hydrogen-bond donors (Lipinski definition) is 1. The van der Waals surface area contributed by atoms with Gasteiger partial charge >= 0.3 is 0 Å². The van der Waals surface area contributed by atoms with Gasteiger partial charge in [-0.3, -0.25) is 4.98 Å². The van der Waals surface area contributed by atoms with Gasteiger partial charge in [-0.1, -0.05) is 38.1 Å². The summed E-state index contributed by atoms with van der Waals surface area (Å²) in [5.74, 6) is 0.920. The molecule has 0 aliphatic carbocycles. The minimum Gasteiger partial charge on any atom is -0.487 e. The summed E-state index contributed by atoms with van der Waals surface area (Å²) in [6.07, 6.45) is 0. The monoisotopic (exact) mass is 270 g/mol. The molecule has 2 aromatic rings. The highest BCUT2D eigenvalue weighted by molar-refractivity contribution is 5.33. The van der Waals surface area contributed by atoms with Crippen molar-refractivity contribution in [3.8, 4) is 5.75 Å². The zero-order valence-corrected chi connectivity index (χ0v) is 12.4. The third-order valence-electron chi connectivity index (χ3n) is 2.99. The summed E-state index contributed by atoms with van der Waals surface area (Å²) < 4.78 is 5.91. The van der Waals surface area contributed by atoms with Crippen molar-refractivity contribution in [1.29, 1.82) is 0 Å². The minimum atomic E-state index is 0.460. The quantitative estimate of drug-likeness (QED) is 0.872. The number of rotatable bonds is 6. The number of aromatic nitrogens is 1. The van der Waals surface area contributed by atoms with Crippen LogP contribution in [0.2, 0.25) is 0 Å². The molecule has 2 rings (SSSR count). The second-order valence-electron chi connectivity index (χ2n) is 5.20.